The van der Waals surface area contributed by atoms with Crippen LogP contribution in [0.25, 0.3) is 0 Å². The Hall–Kier alpha value is -0.610. The predicted molar refractivity (Wildman–Crippen MR) is 63.6 cm³/mol. The Bertz CT molecular complexity index is 206. The van der Waals surface area contributed by atoms with Crippen LogP contribution in [0.5, 0.6) is 0 Å². The van der Waals surface area contributed by atoms with Crippen LogP contribution in [-0.2, 0) is 4.79 Å². The highest BCUT2D eigenvalue weighted by atomic mass is 16.1. The Morgan fingerprint density at radius 3 is 2.40 bits per heavy atom. The molecule has 0 fully saturated rings. The number of carbonyl (C=O) groups is 1. The predicted octanol–water partition coefficient (Wildman–Crippen LogP) is 0.428. The number of amides is 1. The summed E-state index contributed by atoms with van der Waals surface area (Å²) in [4.78, 5) is 13.4. The zero-order chi connectivity index (χ0) is 12.1. The molecule has 90 valence electrons. The van der Waals surface area contributed by atoms with Crippen LogP contribution < -0.4 is 11.1 Å². The van der Waals surface area contributed by atoms with Crippen LogP contribution in [0, 0.1) is 5.92 Å². The maximum absolute atomic E-state index is 11.3. The number of primary amides is 1. The van der Waals surface area contributed by atoms with Gasteiger partial charge in [0.15, 0.2) is 0 Å². The number of hydrogen-bond donors (Lipinski definition) is 2. The Kier molecular flexibility index (Phi) is 5.83. The van der Waals surface area contributed by atoms with Gasteiger partial charge in [-0.3, -0.25) is 4.79 Å². The average Bonchev–Trinajstić information content (AvgIpc) is 2.14. The van der Waals surface area contributed by atoms with Gasteiger partial charge in [0.1, 0.15) is 5.54 Å². The summed E-state index contributed by atoms with van der Waals surface area (Å²) in [6.45, 7) is 7.85. The summed E-state index contributed by atoms with van der Waals surface area (Å²) in [7, 11) is 3.78. The minimum absolute atomic E-state index is 0.304. The van der Waals surface area contributed by atoms with Gasteiger partial charge < -0.3 is 16.0 Å². The van der Waals surface area contributed by atoms with Crippen molar-refractivity contribution in [2.24, 2.45) is 11.7 Å². The molecule has 0 bridgehead atoms. The smallest absolute Gasteiger partial charge is 0.238 e. The van der Waals surface area contributed by atoms with Gasteiger partial charge in [0.25, 0.3) is 0 Å². The molecule has 0 saturated heterocycles. The molecular formula is C11H25N3O. The molecule has 0 aliphatic carbocycles. The van der Waals surface area contributed by atoms with Crippen molar-refractivity contribution in [3.05, 3.63) is 0 Å². The number of nitrogens with one attached hydrogen (secondary N) is 1. The van der Waals surface area contributed by atoms with Crippen molar-refractivity contribution in [2.75, 3.05) is 27.2 Å². The van der Waals surface area contributed by atoms with Crippen molar-refractivity contribution in [2.45, 2.75) is 32.7 Å². The topological polar surface area (TPSA) is 58.4 Å². The zero-order valence-electron chi connectivity index (χ0n) is 10.6. The first-order valence-corrected chi connectivity index (χ1v) is 5.49. The zero-order valence-corrected chi connectivity index (χ0v) is 10.6. The Balaban J connectivity index is 4.13. The molecule has 4 nitrogen and oxygen atoms in total. The van der Waals surface area contributed by atoms with Crippen molar-refractivity contribution in [3.63, 3.8) is 0 Å². The number of likely N-dealkylation sites (N-methyl/N-ethyl adjacent to an activating group) is 2. The fourth-order valence-corrected chi connectivity index (χ4v) is 1.38. The summed E-state index contributed by atoms with van der Waals surface area (Å²) >= 11 is 0. The fourth-order valence-electron chi connectivity index (χ4n) is 1.38. The largest absolute Gasteiger partial charge is 0.368 e. The molecular weight excluding hydrogens is 190 g/mol. The number of carbonyl (C=O) groups excluding carboxylic acids is 1. The second-order valence-corrected chi connectivity index (χ2v) is 4.87. The van der Waals surface area contributed by atoms with Crippen molar-refractivity contribution >= 4 is 5.91 Å². The van der Waals surface area contributed by atoms with Crippen molar-refractivity contribution in [3.8, 4) is 0 Å². The van der Waals surface area contributed by atoms with Crippen LogP contribution in [0.1, 0.15) is 27.2 Å². The molecule has 1 atom stereocenters. The summed E-state index contributed by atoms with van der Waals surface area (Å²) in [6, 6.07) is 0. The van der Waals surface area contributed by atoms with Gasteiger partial charge in [0.05, 0.1) is 0 Å². The van der Waals surface area contributed by atoms with E-state index in [-0.39, 0.29) is 5.91 Å². The lowest BCUT2D eigenvalue weighted by molar-refractivity contribution is -0.124. The van der Waals surface area contributed by atoms with Crippen LogP contribution in [0.3, 0.4) is 0 Å². The van der Waals surface area contributed by atoms with E-state index >= 15 is 0 Å². The van der Waals surface area contributed by atoms with Gasteiger partial charge in [0.2, 0.25) is 5.91 Å². The first-order valence-electron chi connectivity index (χ1n) is 5.49. The monoisotopic (exact) mass is 215 g/mol. The third kappa shape index (κ3) is 5.14. The molecule has 0 rings (SSSR count). The van der Waals surface area contributed by atoms with Gasteiger partial charge in [-0.05, 0) is 39.9 Å². The van der Waals surface area contributed by atoms with E-state index in [1.54, 1.807) is 7.05 Å². The SMILES string of the molecule is CNC(C)(CN(C)CCC(C)C)C(N)=O. The average molecular weight is 215 g/mol. The maximum atomic E-state index is 11.3. The van der Waals surface area contributed by atoms with Crippen molar-refractivity contribution in [1.29, 1.82) is 0 Å². The van der Waals surface area contributed by atoms with Crippen LogP contribution in [0.4, 0.5) is 0 Å². The molecule has 0 radical (unpaired) electrons. The van der Waals surface area contributed by atoms with E-state index in [0.29, 0.717) is 12.5 Å². The number of rotatable bonds is 7. The molecule has 0 aliphatic rings. The van der Waals surface area contributed by atoms with E-state index in [0.717, 1.165) is 13.0 Å². The third-order valence-corrected chi connectivity index (χ3v) is 2.77. The van der Waals surface area contributed by atoms with Gasteiger partial charge >= 0.3 is 0 Å². The molecule has 1 amide bonds. The van der Waals surface area contributed by atoms with Crippen LogP contribution >= 0.6 is 0 Å². The van der Waals surface area contributed by atoms with Crippen LogP contribution in [0.15, 0.2) is 0 Å². The van der Waals surface area contributed by atoms with Crippen LogP contribution in [0.2, 0.25) is 0 Å². The Labute approximate surface area is 93.2 Å². The minimum Gasteiger partial charge on any atom is -0.368 e. The summed E-state index contributed by atoms with van der Waals surface area (Å²) in [5.41, 5.74) is 4.72. The van der Waals surface area contributed by atoms with E-state index in [4.69, 9.17) is 5.73 Å². The quantitative estimate of drug-likeness (QED) is 0.647. The lowest BCUT2D eigenvalue weighted by Gasteiger charge is -2.31. The Morgan fingerprint density at radius 1 is 1.53 bits per heavy atom. The first kappa shape index (κ1) is 14.4. The summed E-state index contributed by atoms with van der Waals surface area (Å²) in [5, 5.41) is 2.98. The second kappa shape index (κ2) is 6.08. The van der Waals surface area contributed by atoms with E-state index < -0.39 is 5.54 Å². The fraction of sp³-hybridized carbons (Fsp3) is 0.909. The lowest BCUT2D eigenvalue weighted by atomic mass is 10.0. The number of nitrogens with zero attached hydrogens (tertiary/aromatic N) is 1. The van der Waals surface area contributed by atoms with Gasteiger partial charge in [-0.1, -0.05) is 13.8 Å². The first-order chi connectivity index (χ1) is 6.81. The third-order valence-electron chi connectivity index (χ3n) is 2.77. The molecule has 3 N–H and O–H groups in total. The number of hydrogen-bond acceptors (Lipinski definition) is 3. The highest BCUT2D eigenvalue weighted by Gasteiger charge is 2.30. The van der Waals surface area contributed by atoms with Gasteiger partial charge in [-0.25, -0.2) is 0 Å². The molecule has 0 aromatic heterocycles. The molecule has 0 spiro atoms. The minimum atomic E-state index is -0.633. The van der Waals surface area contributed by atoms with E-state index in [9.17, 15) is 4.79 Å². The molecule has 0 aromatic rings. The normalized spacial score (nSPS) is 15.7. The van der Waals surface area contributed by atoms with E-state index in [2.05, 4.69) is 24.1 Å². The summed E-state index contributed by atoms with van der Waals surface area (Å²) < 4.78 is 0. The number of nitrogens with two attached hydrogens (primary N) is 1. The summed E-state index contributed by atoms with van der Waals surface area (Å²) in [6.07, 6.45) is 1.13. The van der Waals surface area contributed by atoms with Gasteiger partial charge in [0, 0.05) is 6.54 Å². The standard InChI is InChI=1S/C11H25N3O/c1-9(2)6-7-14(5)8-11(3,13-4)10(12)15/h9,13H,6-8H2,1-5H3,(H2,12,15). The van der Waals surface area contributed by atoms with E-state index in [1.165, 1.54) is 0 Å². The second-order valence-electron chi connectivity index (χ2n) is 4.87. The highest BCUT2D eigenvalue weighted by molar-refractivity contribution is 5.84. The van der Waals surface area contributed by atoms with Gasteiger partial charge in [-0.2, -0.15) is 0 Å². The Morgan fingerprint density at radius 2 is 2.07 bits per heavy atom. The molecule has 0 aromatic carbocycles. The molecule has 1 unspecified atom stereocenters. The maximum Gasteiger partial charge on any atom is 0.238 e. The van der Waals surface area contributed by atoms with Crippen molar-refractivity contribution in [1.82, 2.24) is 10.2 Å². The van der Waals surface area contributed by atoms with E-state index in [1.807, 2.05) is 14.0 Å². The molecule has 0 heterocycles. The van der Waals surface area contributed by atoms with Crippen LogP contribution in [-0.4, -0.2) is 43.5 Å². The summed E-state index contributed by atoms with van der Waals surface area (Å²) in [5.74, 6) is 0.378. The lowest BCUT2D eigenvalue weighted by Crippen LogP contribution is -2.57. The van der Waals surface area contributed by atoms with Gasteiger partial charge in [-0.15, -0.1) is 0 Å². The molecule has 15 heavy (non-hydrogen) atoms. The molecule has 0 saturated carbocycles. The molecule has 4 heteroatoms. The molecule has 0 aliphatic heterocycles. The van der Waals surface area contributed by atoms with Crippen molar-refractivity contribution < 1.29 is 4.79 Å². The highest BCUT2D eigenvalue weighted by Crippen LogP contribution is 2.07.